The third-order valence-corrected chi connectivity index (χ3v) is 2.93. The molecule has 0 atom stereocenters. The first kappa shape index (κ1) is 13.3. The van der Waals surface area contributed by atoms with Crippen molar-refractivity contribution < 1.29 is 9.47 Å². The summed E-state index contributed by atoms with van der Waals surface area (Å²) in [5, 5.41) is 0. The number of nitrogens with two attached hydrogens (primary N) is 1. The second-order valence-corrected chi connectivity index (χ2v) is 4.49. The van der Waals surface area contributed by atoms with Crippen molar-refractivity contribution in [1.82, 2.24) is 0 Å². The number of benzene rings is 2. The average molecular weight is 257 g/mol. The van der Waals surface area contributed by atoms with Crippen LogP contribution in [0.25, 0.3) is 0 Å². The van der Waals surface area contributed by atoms with Gasteiger partial charge in [0, 0.05) is 18.2 Å². The molecule has 0 aliphatic heterocycles. The molecule has 0 aromatic heterocycles. The number of ether oxygens (including phenoxy) is 2. The quantitative estimate of drug-likeness (QED) is 0.836. The molecule has 0 saturated heterocycles. The van der Waals surface area contributed by atoms with Gasteiger partial charge < -0.3 is 15.2 Å². The highest BCUT2D eigenvalue weighted by Crippen LogP contribution is 2.21. The topological polar surface area (TPSA) is 44.5 Å². The third kappa shape index (κ3) is 3.65. The lowest BCUT2D eigenvalue weighted by molar-refractivity contribution is 0.318. The highest BCUT2D eigenvalue weighted by molar-refractivity contribution is 5.43. The van der Waals surface area contributed by atoms with Crippen LogP contribution in [0.15, 0.2) is 42.5 Å². The Morgan fingerprint density at radius 1 is 1.11 bits per heavy atom. The zero-order chi connectivity index (χ0) is 13.7. The van der Waals surface area contributed by atoms with Gasteiger partial charge in [-0.1, -0.05) is 23.8 Å². The van der Waals surface area contributed by atoms with E-state index in [9.17, 15) is 0 Å². The largest absolute Gasteiger partial charge is 0.496 e. The van der Waals surface area contributed by atoms with E-state index in [1.54, 1.807) is 7.11 Å². The zero-order valence-electron chi connectivity index (χ0n) is 11.3. The smallest absolute Gasteiger partial charge is 0.122 e. The number of rotatable bonds is 5. The highest BCUT2D eigenvalue weighted by atomic mass is 16.5. The molecule has 2 N–H and O–H groups in total. The van der Waals surface area contributed by atoms with Crippen LogP contribution in [0.5, 0.6) is 11.5 Å². The maximum absolute atomic E-state index is 5.71. The van der Waals surface area contributed by atoms with E-state index in [0.717, 1.165) is 23.5 Å². The molecule has 19 heavy (non-hydrogen) atoms. The lowest BCUT2D eigenvalue weighted by Gasteiger charge is -2.11. The Bertz CT molecular complexity index is 552. The Balaban J connectivity index is 1.97. The van der Waals surface area contributed by atoms with Crippen molar-refractivity contribution in [3.63, 3.8) is 0 Å². The molecule has 0 heterocycles. The Hall–Kier alpha value is -2.16. The maximum atomic E-state index is 5.71. The molecule has 0 radical (unpaired) electrons. The van der Waals surface area contributed by atoms with Crippen molar-refractivity contribution >= 4 is 5.69 Å². The standard InChI is InChI=1S/C16H19NO2/c1-12-6-7-16(18-2)13(10-12)8-9-19-15-5-3-4-14(17)11-15/h3-7,10-11H,8-9,17H2,1-2H3. The number of nitrogen functional groups attached to an aromatic ring is 1. The molecular weight excluding hydrogens is 238 g/mol. The first-order valence-electron chi connectivity index (χ1n) is 6.31. The monoisotopic (exact) mass is 257 g/mol. The number of anilines is 1. The van der Waals surface area contributed by atoms with Gasteiger partial charge in [0.25, 0.3) is 0 Å². The van der Waals surface area contributed by atoms with Crippen LogP contribution in [0.4, 0.5) is 5.69 Å². The first-order chi connectivity index (χ1) is 9.19. The molecular formula is C16H19NO2. The van der Waals surface area contributed by atoms with Gasteiger partial charge >= 0.3 is 0 Å². The minimum atomic E-state index is 0.600. The molecule has 0 bridgehead atoms. The summed E-state index contributed by atoms with van der Waals surface area (Å²) in [5.41, 5.74) is 8.80. The molecule has 0 spiro atoms. The Kier molecular flexibility index (Phi) is 4.29. The van der Waals surface area contributed by atoms with E-state index in [-0.39, 0.29) is 0 Å². The van der Waals surface area contributed by atoms with Crippen LogP contribution >= 0.6 is 0 Å². The summed E-state index contributed by atoms with van der Waals surface area (Å²) in [4.78, 5) is 0. The molecule has 2 aromatic carbocycles. The fourth-order valence-electron chi connectivity index (χ4n) is 1.99. The van der Waals surface area contributed by atoms with E-state index >= 15 is 0 Å². The molecule has 100 valence electrons. The van der Waals surface area contributed by atoms with Crippen molar-refractivity contribution in [2.75, 3.05) is 19.5 Å². The summed E-state index contributed by atoms with van der Waals surface area (Å²) < 4.78 is 11.0. The van der Waals surface area contributed by atoms with E-state index in [0.29, 0.717) is 12.3 Å². The average Bonchev–Trinajstić information content (AvgIpc) is 2.39. The van der Waals surface area contributed by atoms with E-state index in [4.69, 9.17) is 15.2 Å². The molecule has 2 rings (SSSR count). The lowest BCUT2D eigenvalue weighted by Crippen LogP contribution is -2.03. The van der Waals surface area contributed by atoms with E-state index in [2.05, 4.69) is 13.0 Å². The van der Waals surface area contributed by atoms with Gasteiger partial charge in [-0.15, -0.1) is 0 Å². The van der Waals surface area contributed by atoms with Gasteiger partial charge in [0.1, 0.15) is 11.5 Å². The zero-order valence-corrected chi connectivity index (χ0v) is 11.3. The highest BCUT2D eigenvalue weighted by Gasteiger charge is 2.03. The summed E-state index contributed by atoms with van der Waals surface area (Å²) in [6, 6.07) is 13.6. The van der Waals surface area contributed by atoms with Gasteiger partial charge in [-0.2, -0.15) is 0 Å². The van der Waals surface area contributed by atoms with Crippen LogP contribution in [0.2, 0.25) is 0 Å². The summed E-state index contributed by atoms with van der Waals surface area (Å²) in [6.07, 6.45) is 0.805. The second kappa shape index (κ2) is 6.14. The van der Waals surface area contributed by atoms with E-state index < -0.39 is 0 Å². The third-order valence-electron chi connectivity index (χ3n) is 2.93. The fraction of sp³-hybridized carbons (Fsp3) is 0.250. The number of hydrogen-bond acceptors (Lipinski definition) is 3. The van der Waals surface area contributed by atoms with Crippen molar-refractivity contribution in [2.24, 2.45) is 0 Å². The van der Waals surface area contributed by atoms with Gasteiger partial charge in [0.15, 0.2) is 0 Å². The van der Waals surface area contributed by atoms with Crippen molar-refractivity contribution in [1.29, 1.82) is 0 Å². The van der Waals surface area contributed by atoms with Crippen LogP contribution in [0, 0.1) is 6.92 Å². The molecule has 3 heteroatoms. The summed E-state index contributed by atoms with van der Waals surface area (Å²) in [5.74, 6) is 1.70. The van der Waals surface area contributed by atoms with Crippen molar-refractivity contribution in [3.05, 3.63) is 53.6 Å². The van der Waals surface area contributed by atoms with Crippen LogP contribution in [0.1, 0.15) is 11.1 Å². The SMILES string of the molecule is COc1ccc(C)cc1CCOc1cccc(N)c1. The first-order valence-corrected chi connectivity index (χ1v) is 6.31. The normalized spacial score (nSPS) is 10.2. The lowest BCUT2D eigenvalue weighted by atomic mass is 10.1. The fourth-order valence-corrected chi connectivity index (χ4v) is 1.99. The van der Waals surface area contributed by atoms with E-state index in [1.165, 1.54) is 5.56 Å². The molecule has 2 aromatic rings. The molecule has 0 aliphatic carbocycles. The van der Waals surface area contributed by atoms with Gasteiger partial charge in [0.2, 0.25) is 0 Å². The van der Waals surface area contributed by atoms with Crippen LogP contribution < -0.4 is 15.2 Å². The maximum Gasteiger partial charge on any atom is 0.122 e. The molecule has 3 nitrogen and oxygen atoms in total. The molecule has 0 saturated carbocycles. The van der Waals surface area contributed by atoms with Crippen LogP contribution in [-0.2, 0) is 6.42 Å². The van der Waals surface area contributed by atoms with Gasteiger partial charge in [-0.05, 0) is 30.7 Å². The van der Waals surface area contributed by atoms with Gasteiger partial charge in [-0.3, -0.25) is 0 Å². The van der Waals surface area contributed by atoms with Crippen LogP contribution in [0.3, 0.4) is 0 Å². The van der Waals surface area contributed by atoms with Crippen LogP contribution in [-0.4, -0.2) is 13.7 Å². The van der Waals surface area contributed by atoms with Gasteiger partial charge in [-0.25, -0.2) is 0 Å². The van der Waals surface area contributed by atoms with E-state index in [1.807, 2.05) is 36.4 Å². The minimum Gasteiger partial charge on any atom is -0.496 e. The second-order valence-electron chi connectivity index (χ2n) is 4.49. The number of hydrogen-bond donors (Lipinski definition) is 1. The minimum absolute atomic E-state index is 0.600. The molecule has 0 fully saturated rings. The molecule has 0 amide bonds. The Morgan fingerprint density at radius 3 is 2.68 bits per heavy atom. The Morgan fingerprint density at radius 2 is 1.95 bits per heavy atom. The summed E-state index contributed by atoms with van der Waals surface area (Å²) in [7, 11) is 1.69. The number of aryl methyl sites for hydroxylation is 1. The summed E-state index contributed by atoms with van der Waals surface area (Å²) in [6.45, 7) is 2.67. The molecule has 0 aliphatic rings. The van der Waals surface area contributed by atoms with Crippen molar-refractivity contribution in [3.8, 4) is 11.5 Å². The summed E-state index contributed by atoms with van der Waals surface area (Å²) >= 11 is 0. The Labute approximate surface area is 114 Å². The predicted octanol–water partition coefficient (Wildman–Crippen LogP) is 3.21. The molecule has 0 unspecified atom stereocenters. The number of methoxy groups -OCH3 is 1. The van der Waals surface area contributed by atoms with Crippen molar-refractivity contribution in [2.45, 2.75) is 13.3 Å². The predicted molar refractivity (Wildman–Crippen MR) is 77.8 cm³/mol. The van der Waals surface area contributed by atoms with Gasteiger partial charge in [0.05, 0.1) is 13.7 Å².